The van der Waals surface area contributed by atoms with Crippen molar-refractivity contribution in [2.24, 2.45) is 4.99 Å². The first-order valence-electron chi connectivity index (χ1n) is 12.2. The Hall–Kier alpha value is -3.78. The summed E-state index contributed by atoms with van der Waals surface area (Å²) >= 11 is 0. The maximum absolute atomic E-state index is 13.9. The van der Waals surface area contributed by atoms with Gasteiger partial charge in [0.25, 0.3) is 0 Å². The molecule has 1 fully saturated rings. The van der Waals surface area contributed by atoms with Gasteiger partial charge in [-0.05, 0) is 74.2 Å². The van der Waals surface area contributed by atoms with Crippen LogP contribution < -0.4 is 0 Å². The highest BCUT2D eigenvalue weighted by Gasteiger charge is 2.33. The van der Waals surface area contributed by atoms with Gasteiger partial charge in [-0.25, -0.2) is 9.18 Å². The van der Waals surface area contributed by atoms with Gasteiger partial charge in [0.1, 0.15) is 5.82 Å². The topological polar surface area (TPSA) is 81.6 Å². The molecule has 2 aromatic heterocycles. The number of aliphatic carboxylic acids is 1. The second kappa shape index (κ2) is 8.41. The molecule has 1 saturated heterocycles. The molecule has 7 nitrogen and oxygen atoms in total. The number of nitrogens with zero attached hydrogens (tertiary/aromatic N) is 4. The standard InChI is InChI=1S/C28H27FN4O3/c1-28(2,27(34)35)32-16-20(15-31-32)25-23-11-18-13-30-14-19(18)12-24(23)33(22-5-3-21(29)4-6-22)26(25)17-7-9-36-10-8-17/h3-6,11-12,14-17H,7-10,13H2,1-2H3,(H,34,35). The van der Waals surface area contributed by atoms with Crippen LogP contribution in [0.2, 0.25) is 0 Å². The predicted molar refractivity (Wildman–Crippen MR) is 136 cm³/mol. The van der Waals surface area contributed by atoms with Crippen LogP contribution >= 0.6 is 0 Å². The molecule has 2 aliphatic heterocycles. The number of ether oxygens (including phenoxy) is 1. The lowest BCUT2D eigenvalue weighted by atomic mass is 9.90. The fraction of sp³-hybridized carbons (Fsp3) is 0.321. The second-order valence-corrected chi connectivity index (χ2v) is 10.0. The predicted octanol–water partition coefficient (Wildman–Crippen LogP) is 5.28. The van der Waals surface area contributed by atoms with Crippen molar-refractivity contribution < 1.29 is 19.0 Å². The van der Waals surface area contributed by atoms with Crippen LogP contribution in [-0.4, -0.2) is 44.9 Å². The molecule has 0 spiro atoms. The van der Waals surface area contributed by atoms with Crippen LogP contribution in [0, 0.1) is 5.82 Å². The van der Waals surface area contributed by atoms with E-state index >= 15 is 0 Å². The van der Waals surface area contributed by atoms with Crippen molar-refractivity contribution in [2.45, 2.75) is 44.7 Å². The van der Waals surface area contributed by atoms with Crippen molar-refractivity contribution in [3.05, 3.63) is 71.4 Å². The minimum absolute atomic E-state index is 0.213. The third kappa shape index (κ3) is 3.55. The molecule has 184 valence electrons. The van der Waals surface area contributed by atoms with Crippen LogP contribution in [0.25, 0.3) is 27.7 Å². The number of carboxylic acid groups (broad SMARTS) is 1. The van der Waals surface area contributed by atoms with Crippen LogP contribution in [0.4, 0.5) is 4.39 Å². The van der Waals surface area contributed by atoms with E-state index in [4.69, 9.17) is 4.74 Å². The van der Waals surface area contributed by atoms with E-state index in [-0.39, 0.29) is 11.7 Å². The van der Waals surface area contributed by atoms with Crippen LogP contribution in [0.3, 0.4) is 0 Å². The Bertz CT molecular complexity index is 1510. The molecular weight excluding hydrogens is 459 g/mol. The summed E-state index contributed by atoms with van der Waals surface area (Å²) in [6.07, 6.45) is 7.20. The van der Waals surface area contributed by atoms with Gasteiger partial charge in [-0.2, -0.15) is 5.10 Å². The number of carboxylic acids is 1. The van der Waals surface area contributed by atoms with E-state index in [1.165, 1.54) is 16.8 Å². The average Bonchev–Trinajstić information content (AvgIpc) is 3.61. The summed E-state index contributed by atoms with van der Waals surface area (Å²) in [7, 11) is 0. The molecule has 0 radical (unpaired) electrons. The first-order valence-corrected chi connectivity index (χ1v) is 12.2. The summed E-state index contributed by atoms with van der Waals surface area (Å²) in [6.45, 7) is 5.24. The van der Waals surface area contributed by atoms with Crippen LogP contribution in [0.1, 0.15) is 49.4 Å². The van der Waals surface area contributed by atoms with Gasteiger partial charge in [0, 0.05) is 59.4 Å². The van der Waals surface area contributed by atoms with Gasteiger partial charge in [0.2, 0.25) is 0 Å². The summed E-state index contributed by atoms with van der Waals surface area (Å²) < 4.78 is 23.3. The maximum atomic E-state index is 13.9. The fourth-order valence-corrected chi connectivity index (χ4v) is 5.30. The van der Waals surface area contributed by atoms with Crippen molar-refractivity contribution in [1.82, 2.24) is 14.3 Å². The maximum Gasteiger partial charge on any atom is 0.331 e. The van der Waals surface area contributed by atoms with E-state index in [1.54, 1.807) is 32.2 Å². The van der Waals surface area contributed by atoms with Gasteiger partial charge in [-0.15, -0.1) is 0 Å². The highest BCUT2D eigenvalue weighted by atomic mass is 19.1. The molecule has 0 atom stereocenters. The van der Waals surface area contributed by atoms with Gasteiger partial charge < -0.3 is 14.4 Å². The van der Waals surface area contributed by atoms with E-state index in [0.717, 1.165) is 57.4 Å². The Morgan fingerprint density at radius 1 is 1.17 bits per heavy atom. The molecule has 36 heavy (non-hydrogen) atoms. The fourth-order valence-electron chi connectivity index (χ4n) is 5.30. The highest BCUT2D eigenvalue weighted by Crippen LogP contribution is 2.44. The lowest BCUT2D eigenvalue weighted by molar-refractivity contribution is -0.146. The number of hydrogen-bond acceptors (Lipinski definition) is 4. The van der Waals surface area contributed by atoms with Crippen molar-refractivity contribution in [1.29, 1.82) is 0 Å². The normalized spacial score (nSPS) is 16.1. The molecule has 1 N–H and O–H groups in total. The number of aromatic nitrogens is 3. The van der Waals surface area contributed by atoms with Gasteiger partial charge in [0.05, 0.1) is 18.3 Å². The molecule has 0 saturated carbocycles. The third-order valence-electron chi connectivity index (χ3n) is 7.42. The quantitative estimate of drug-likeness (QED) is 0.416. The number of aliphatic imine (C=N–C) groups is 1. The van der Waals surface area contributed by atoms with E-state index in [0.29, 0.717) is 19.8 Å². The highest BCUT2D eigenvalue weighted by molar-refractivity contribution is 6.03. The largest absolute Gasteiger partial charge is 0.479 e. The van der Waals surface area contributed by atoms with E-state index in [2.05, 4.69) is 26.8 Å². The average molecular weight is 487 g/mol. The minimum atomic E-state index is -1.19. The molecule has 2 aliphatic rings. The monoisotopic (exact) mass is 486 g/mol. The Balaban J connectivity index is 1.67. The lowest BCUT2D eigenvalue weighted by Crippen LogP contribution is -2.35. The second-order valence-electron chi connectivity index (χ2n) is 10.0. The Kier molecular flexibility index (Phi) is 5.30. The zero-order chi connectivity index (χ0) is 25.0. The van der Waals surface area contributed by atoms with Gasteiger partial charge in [-0.3, -0.25) is 9.67 Å². The Morgan fingerprint density at radius 2 is 1.92 bits per heavy atom. The van der Waals surface area contributed by atoms with E-state index in [1.807, 2.05) is 12.4 Å². The SMILES string of the molecule is CC(C)(C(=O)O)n1cc(-c2c(C3CCOCC3)n(-c3ccc(F)cc3)c3cc4c(cc23)CN=C4)cn1. The van der Waals surface area contributed by atoms with Crippen molar-refractivity contribution in [2.75, 3.05) is 13.2 Å². The zero-order valence-electron chi connectivity index (χ0n) is 20.2. The van der Waals surface area contributed by atoms with Gasteiger partial charge >= 0.3 is 5.97 Å². The number of fused-ring (bicyclic) bond motifs is 2. The van der Waals surface area contributed by atoms with Crippen molar-refractivity contribution >= 4 is 23.1 Å². The molecule has 0 unspecified atom stereocenters. The summed E-state index contributed by atoms with van der Waals surface area (Å²) in [5.41, 5.74) is 5.93. The molecular formula is C28H27FN4O3. The van der Waals surface area contributed by atoms with E-state index in [9.17, 15) is 14.3 Å². The van der Waals surface area contributed by atoms with Crippen LogP contribution in [0.5, 0.6) is 0 Å². The molecule has 0 amide bonds. The molecule has 6 rings (SSSR count). The van der Waals surface area contributed by atoms with Crippen molar-refractivity contribution in [3.63, 3.8) is 0 Å². The molecule has 2 aromatic carbocycles. The molecule has 4 aromatic rings. The Morgan fingerprint density at radius 3 is 2.64 bits per heavy atom. The molecule has 0 aliphatic carbocycles. The number of carbonyl (C=O) groups is 1. The summed E-state index contributed by atoms with van der Waals surface area (Å²) in [6, 6.07) is 10.9. The number of rotatable bonds is 5. The van der Waals surface area contributed by atoms with Gasteiger partial charge in [0.15, 0.2) is 5.54 Å². The number of hydrogen-bond donors (Lipinski definition) is 1. The minimum Gasteiger partial charge on any atom is -0.479 e. The summed E-state index contributed by atoms with van der Waals surface area (Å²) in [5, 5.41) is 15.3. The molecule has 8 heteroatoms. The third-order valence-corrected chi connectivity index (χ3v) is 7.42. The summed E-state index contributed by atoms with van der Waals surface area (Å²) in [4.78, 5) is 16.4. The van der Waals surface area contributed by atoms with Crippen LogP contribution in [-0.2, 0) is 21.6 Å². The van der Waals surface area contributed by atoms with Crippen LogP contribution in [0.15, 0.2) is 53.8 Å². The van der Waals surface area contributed by atoms with Crippen molar-refractivity contribution in [3.8, 4) is 16.8 Å². The smallest absolute Gasteiger partial charge is 0.331 e. The number of benzene rings is 2. The number of halogens is 1. The lowest BCUT2D eigenvalue weighted by Gasteiger charge is -2.25. The van der Waals surface area contributed by atoms with Gasteiger partial charge in [-0.1, -0.05) is 0 Å². The first kappa shape index (κ1) is 22.7. The van der Waals surface area contributed by atoms with E-state index < -0.39 is 11.5 Å². The molecule has 0 bridgehead atoms. The summed E-state index contributed by atoms with van der Waals surface area (Å²) in [5.74, 6) is -1.02. The Labute approximate surface area is 207 Å². The first-order chi connectivity index (χ1) is 17.3. The zero-order valence-corrected chi connectivity index (χ0v) is 20.2. The molecule has 4 heterocycles.